The van der Waals surface area contributed by atoms with Crippen LogP contribution in [0.5, 0.6) is 5.75 Å². The van der Waals surface area contributed by atoms with Crippen molar-refractivity contribution in [1.82, 2.24) is 10.0 Å². The van der Waals surface area contributed by atoms with Crippen LogP contribution in [0.3, 0.4) is 0 Å². The van der Waals surface area contributed by atoms with Gasteiger partial charge < -0.3 is 25.2 Å². The molecule has 0 fully saturated rings. The normalized spacial score (nSPS) is 21.4. The third-order valence-corrected chi connectivity index (χ3v) is 5.51. The van der Waals surface area contributed by atoms with Gasteiger partial charge in [0, 0.05) is 23.9 Å². The first-order chi connectivity index (χ1) is 14.8. The minimum Gasteiger partial charge on any atom is -0.760 e. The number of hydrogen-bond acceptors (Lipinski definition) is 6. The molecule has 166 valence electrons. The molecule has 31 heavy (non-hydrogen) atoms. The Morgan fingerprint density at radius 1 is 1.13 bits per heavy atom. The SMILES string of the molecule is O=S([O-])NC1C=C(C(O)CNC(Cc2ccc(F)cc2)c2ccc(O)cc2)C=CC1O. The molecule has 0 aliphatic heterocycles. The molecule has 0 radical (unpaired) electrons. The number of hydrogen-bond donors (Lipinski definition) is 5. The molecule has 1 aliphatic carbocycles. The van der Waals surface area contributed by atoms with Gasteiger partial charge in [-0.3, -0.25) is 4.21 Å². The predicted molar refractivity (Wildman–Crippen MR) is 114 cm³/mol. The molecule has 5 atom stereocenters. The zero-order chi connectivity index (χ0) is 22.4. The number of phenolic OH excluding ortho intramolecular Hbond substituents is 1. The van der Waals surface area contributed by atoms with Crippen LogP contribution in [0.4, 0.5) is 4.39 Å². The molecule has 3 rings (SSSR count). The minimum atomic E-state index is -2.56. The number of aromatic hydroxyl groups is 1. The van der Waals surface area contributed by atoms with Gasteiger partial charge in [0.05, 0.1) is 18.2 Å². The lowest BCUT2D eigenvalue weighted by Gasteiger charge is -2.27. The standard InChI is InChI=1S/C22H25FN2O5S/c23-17-6-1-14(2-7-17)11-19(15-3-8-18(26)9-4-15)24-13-22(28)16-5-10-21(27)20(12-16)25-31(29)30/h1-10,12,19-22,24-28H,11,13H2,(H,29,30)/p-1. The van der Waals surface area contributed by atoms with Gasteiger partial charge in [0.25, 0.3) is 0 Å². The number of rotatable bonds is 9. The van der Waals surface area contributed by atoms with Crippen LogP contribution < -0.4 is 10.0 Å². The summed E-state index contributed by atoms with van der Waals surface area (Å²) in [6.45, 7) is 0.145. The summed E-state index contributed by atoms with van der Waals surface area (Å²) >= 11 is -2.56. The second kappa shape index (κ2) is 10.8. The van der Waals surface area contributed by atoms with E-state index in [1.807, 2.05) is 0 Å². The molecule has 0 saturated carbocycles. The highest BCUT2D eigenvalue weighted by Crippen LogP contribution is 2.22. The molecule has 9 heteroatoms. The summed E-state index contributed by atoms with van der Waals surface area (Å²) in [6, 6.07) is 11.7. The fourth-order valence-electron chi connectivity index (χ4n) is 3.37. The first-order valence-corrected chi connectivity index (χ1v) is 10.8. The van der Waals surface area contributed by atoms with E-state index >= 15 is 0 Å². The first-order valence-electron chi connectivity index (χ1n) is 9.70. The topological polar surface area (TPSA) is 125 Å². The van der Waals surface area contributed by atoms with Crippen molar-refractivity contribution in [2.24, 2.45) is 0 Å². The van der Waals surface area contributed by atoms with Crippen molar-refractivity contribution in [3.63, 3.8) is 0 Å². The number of aliphatic hydroxyl groups is 2. The van der Waals surface area contributed by atoms with E-state index in [-0.39, 0.29) is 24.2 Å². The lowest BCUT2D eigenvalue weighted by atomic mass is 9.95. The number of aliphatic hydroxyl groups excluding tert-OH is 2. The fraction of sp³-hybridized carbons (Fsp3) is 0.273. The largest absolute Gasteiger partial charge is 0.760 e. The third-order valence-electron chi connectivity index (χ3n) is 5.05. The van der Waals surface area contributed by atoms with Gasteiger partial charge in [0.15, 0.2) is 0 Å². The Kier molecular flexibility index (Phi) is 8.08. The minimum absolute atomic E-state index is 0.134. The van der Waals surface area contributed by atoms with E-state index in [1.54, 1.807) is 42.5 Å². The number of nitrogens with one attached hydrogen (secondary N) is 2. The van der Waals surface area contributed by atoms with Gasteiger partial charge in [-0.2, -0.15) is 0 Å². The molecule has 0 aromatic heterocycles. The zero-order valence-electron chi connectivity index (χ0n) is 16.5. The Hall–Kier alpha value is -2.40. The van der Waals surface area contributed by atoms with E-state index in [0.717, 1.165) is 11.1 Å². The molecular formula is C22H24FN2O5S-. The summed E-state index contributed by atoms with van der Waals surface area (Å²) in [5.74, 6) is -0.191. The maximum absolute atomic E-state index is 13.2. The monoisotopic (exact) mass is 447 g/mol. The Labute approximate surface area is 182 Å². The second-order valence-electron chi connectivity index (χ2n) is 7.29. The quantitative estimate of drug-likeness (QED) is 0.370. The summed E-state index contributed by atoms with van der Waals surface area (Å²) in [5.41, 5.74) is 2.23. The maximum atomic E-state index is 13.2. The van der Waals surface area contributed by atoms with Crippen molar-refractivity contribution in [1.29, 1.82) is 0 Å². The molecule has 1 aliphatic rings. The molecule has 0 saturated heterocycles. The van der Waals surface area contributed by atoms with E-state index < -0.39 is 29.5 Å². The average Bonchev–Trinajstić information content (AvgIpc) is 2.74. The second-order valence-corrected chi connectivity index (χ2v) is 8.00. The Bertz CT molecular complexity index is 949. The highest BCUT2D eigenvalue weighted by atomic mass is 32.2. The summed E-state index contributed by atoms with van der Waals surface area (Å²) in [4.78, 5) is 0. The molecule has 0 amide bonds. The Balaban J connectivity index is 1.71. The van der Waals surface area contributed by atoms with E-state index in [1.165, 1.54) is 24.3 Å². The van der Waals surface area contributed by atoms with E-state index in [0.29, 0.717) is 12.0 Å². The first kappa shape index (κ1) is 23.3. The van der Waals surface area contributed by atoms with Gasteiger partial charge >= 0.3 is 0 Å². The van der Waals surface area contributed by atoms with Gasteiger partial charge in [-0.1, -0.05) is 42.5 Å². The summed E-state index contributed by atoms with van der Waals surface area (Å²) in [7, 11) is 0. The van der Waals surface area contributed by atoms with Crippen LogP contribution in [0.1, 0.15) is 17.2 Å². The molecule has 7 nitrogen and oxygen atoms in total. The summed E-state index contributed by atoms with van der Waals surface area (Å²) < 4.78 is 37.2. The number of halogens is 1. The highest BCUT2D eigenvalue weighted by Gasteiger charge is 2.22. The van der Waals surface area contributed by atoms with Gasteiger partial charge in [-0.05, 0) is 47.4 Å². The van der Waals surface area contributed by atoms with Gasteiger partial charge in [0.2, 0.25) is 0 Å². The van der Waals surface area contributed by atoms with Crippen molar-refractivity contribution in [3.8, 4) is 5.75 Å². The van der Waals surface area contributed by atoms with Crippen molar-refractivity contribution < 1.29 is 28.5 Å². The maximum Gasteiger partial charge on any atom is 0.123 e. The molecule has 0 spiro atoms. The van der Waals surface area contributed by atoms with Crippen LogP contribution in [0.25, 0.3) is 0 Å². The van der Waals surface area contributed by atoms with Crippen LogP contribution >= 0.6 is 0 Å². The van der Waals surface area contributed by atoms with Crippen LogP contribution in [0, 0.1) is 5.82 Å². The van der Waals surface area contributed by atoms with Crippen LogP contribution in [-0.2, 0) is 17.7 Å². The fourth-order valence-corrected chi connectivity index (χ4v) is 3.80. The van der Waals surface area contributed by atoms with Crippen molar-refractivity contribution in [2.75, 3.05) is 6.54 Å². The summed E-state index contributed by atoms with van der Waals surface area (Å²) in [5, 5.41) is 33.3. The lowest BCUT2D eigenvalue weighted by Crippen LogP contribution is -2.41. The molecule has 0 heterocycles. The molecule has 5 unspecified atom stereocenters. The van der Waals surface area contributed by atoms with Crippen molar-refractivity contribution in [3.05, 3.63) is 89.3 Å². The Morgan fingerprint density at radius 3 is 2.45 bits per heavy atom. The van der Waals surface area contributed by atoms with E-state index in [4.69, 9.17) is 0 Å². The number of benzene rings is 2. The molecular weight excluding hydrogens is 423 g/mol. The van der Waals surface area contributed by atoms with Crippen molar-refractivity contribution in [2.45, 2.75) is 30.7 Å². The van der Waals surface area contributed by atoms with Crippen LogP contribution in [0.15, 0.2) is 72.3 Å². The molecule has 0 bridgehead atoms. The molecule has 2 aromatic rings. The Morgan fingerprint density at radius 2 is 1.81 bits per heavy atom. The average molecular weight is 448 g/mol. The predicted octanol–water partition coefficient (Wildman–Crippen LogP) is 1.38. The molecule has 5 N–H and O–H groups in total. The van der Waals surface area contributed by atoms with Gasteiger partial charge in [-0.15, -0.1) is 0 Å². The lowest BCUT2D eigenvalue weighted by molar-refractivity contribution is 0.186. The highest BCUT2D eigenvalue weighted by molar-refractivity contribution is 7.77. The van der Waals surface area contributed by atoms with Crippen LogP contribution in [-0.4, -0.2) is 48.9 Å². The summed E-state index contributed by atoms with van der Waals surface area (Å²) in [6.07, 6.45) is 2.98. The van der Waals surface area contributed by atoms with Crippen molar-refractivity contribution >= 4 is 11.3 Å². The van der Waals surface area contributed by atoms with Gasteiger partial charge in [-0.25, -0.2) is 9.11 Å². The van der Waals surface area contributed by atoms with E-state index in [2.05, 4.69) is 10.0 Å². The number of phenols is 1. The van der Waals surface area contributed by atoms with Gasteiger partial charge in [0.1, 0.15) is 11.6 Å². The van der Waals surface area contributed by atoms with E-state index in [9.17, 15) is 28.5 Å². The smallest absolute Gasteiger partial charge is 0.123 e. The third kappa shape index (κ3) is 6.79. The van der Waals surface area contributed by atoms with Crippen LogP contribution in [0.2, 0.25) is 0 Å². The molecule has 2 aromatic carbocycles. The zero-order valence-corrected chi connectivity index (χ0v) is 17.3.